The zero-order valence-corrected chi connectivity index (χ0v) is 10.5. The van der Waals surface area contributed by atoms with Gasteiger partial charge in [0.15, 0.2) is 11.5 Å². The van der Waals surface area contributed by atoms with Gasteiger partial charge >= 0.3 is 0 Å². The van der Waals surface area contributed by atoms with Crippen molar-refractivity contribution in [1.29, 1.82) is 0 Å². The van der Waals surface area contributed by atoms with Crippen LogP contribution in [0.2, 0.25) is 0 Å². The predicted molar refractivity (Wildman–Crippen MR) is 66.9 cm³/mol. The second-order valence-corrected chi connectivity index (χ2v) is 5.04. The minimum Gasteiger partial charge on any atom is -0.504 e. The molecular formula is C14H22O2. The molecule has 16 heavy (non-hydrogen) atoms. The third-order valence-corrected chi connectivity index (χ3v) is 3.16. The summed E-state index contributed by atoms with van der Waals surface area (Å²) in [6.07, 6.45) is 4.76. The van der Waals surface area contributed by atoms with Gasteiger partial charge in [0.05, 0.1) is 0 Å². The van der Waals surface area contributed by atoms with Gasteiger partial charge in [-0.1, -0.05) is 46.1 Å². The molecule has 2 nitrogen and oxygen atoms in total. The number of phenols is 2. The molecule has 0 atom stereocenters. The van der Waals surface area contributed by atoms with Gasteiger partial charge in [-0.3, -0.25) is 0 Å². The Morgan fingerprint density at radius 1 is 1.06 bits per heavy atom. The molecule has 0 aliphatic rings. The van der Waals surface area contributed by atoms with Gasteiger partial charge in [0, 0.05) is 0 Å². The van der Waals surface area contributed by atoms with E-state index in [0.29, 0.717) is 0 Å². The molecule has 0 aliphatic heterocycles. The first-order valence-electron chi connectivity index (χ1n) is 6.00. The van der Waals surface area contributed by atoms with Crippen LogP contribution < -0.4 is 0 Å². The fraction of sp³-hybridized carbons (Fsp3) is 0.571. The van der Waals surface area contributed by atoms with Crippen molar-refractivity contribution in [2.45, 2.75) is 51.9 Å². The summed E-state index contributed by atoms with van der Waals surface area (Å²) in [5.41, 5.74) is 1.14. The second kappa shape index (κ2) is 5.24. The molecule has 0 aliphatic carbocycles. The second-order valence-electron chi connectivity index (χ2n) is 5.04. The third-order valence-electron chi connectivity index (χ3n) is 3.16. The van der Waals surface area contributed by atoms with Gasteiger partial charge in [0.2, 0.25) is 0 Å². The Hall–Kier alpha value is -1.18. The molecule has 1 rings (SSSR count). The Bertz CT molecular complexity index is 343. The van der Waals surface area contributed by atoms with E-state index in [9.17, 15) is 10.2 Å². The Kier molecular flexibility index (Phi) is 4.22. The van der Waals surface area contributed by atoms with Crippen LogP contribution in [0.3, 0.4) is 0 Å². The standard InChI is InChI=1S/C14H22O2/c1-4-5-6-9-14(2,3)11-7-8-12(15)13(16)10-11/h7-8,10,15-16H,4-6,9H2,1-3H3. The number of rotatable bonds is 5. The molecule has 1 aromatic carbocycles. The predicted octanol–water partition coefficient (Wildman–Crippen LogP) is 3.96. The minimum atomic E-state index is -0.0480. The average Bonchev–Trinajstić information content (AvgIpc) is 2.22. The molecule has 0 fully saturated rings. The molecule has 0 aromatic heterocycles. The van der Waals surface area contributed by atoms with Crippen LogP contribution in [0.1, 0.15) is 52.0 Å². The summed E-state index contributed by atoms with van der Waals surface area (Å²) in [7, 11) is 0. The average molecular weight is 222 g/mol. The van der Waals surface area contributed by atoms with Crippen molar-refractivity contribution in [1.82, 2.24) is 0 Å². The summed E-state index contributed by atoms with van der Waals surface area (Å²) in [6.45, 7) is 6.54. The lowest BCUT2D eigenvalue weighted by Gasteiger charge is -2.25. The molecule has 1 aromatic rings. The summed E-state index contributed by atoms with van der Waals surface area (Å²) >= 11 is 0. The van der Waals surface area contributed by atoms with Crippen LogP contribution in [0.5, 0.6) is 11.5 Å². The fourth-order valence-electron chi connectivity index (χ4n) is 1.91. The van der Waals surface area contributed by atoms with Gasteiger partial charge < -0.3 is 10.2 Å². The molecule has 2 heteroatoms. The molecule has 0 saturated heterocycles. The molecular weight excluding hydrogens is 200 g/mol. The first kappa shape index (κ1) is 12.9. The molecule has 0 saturated carbocycles. The number of phenolic OH excluding ortho intramolecular Hbond substituents is 2. The maximum atomic E-state index is 9.49. The van der Waals surface area contributed by atoms with E-state index in [2.05, 4.69) is 20.8 Å². The van der Waals surface area contributed by atoms with E-state index in [1.165, 1.54) is 19.3 Å². The molecule has 0 heterocycles. The van der Waals surface area contributed by atoms with Crippen LogP contribution in [0.15, 0.2) is 18.2 Å². The summed E-state index contributed by atoms with van der Waals surface area (Å²) in [5.74, 6) is -0.0748. The summed E-state index contributed by atoms with van der Waals surface area (Å²) in [4.78, 5) is 0. The molecule has 0 amide bonds. The zero-order valence-electron chi connectivity index (χ0n) is 10.5. The first-order valence-corrected chi connectivity index (χ1v) is 6.00. The fourth-order valence-corrected chi connectivity index (χ4v) is 1.91. The Balaban J connectivity index is 2.76. The number of hydrogen-bond acceptors (Lipinski definition) is 2. The number of unbranched alkanes of at least 4 members (excludes halogenated alkanes) is 2. The Morgan fingerprint density at radius 2 is 1.75 bits per heavy atom. The van der Waals surface area contributed by atoms with Crippen molar-refractivity contribution in [3.05, 3.63) is 23.8 Å². The zero-order chi connectivity index (χ0) is 12.2. The Morgan fingerprint density at radius 3 is 2.31 bits per heavy atom. The summed E-state index contributed by atoms with van der Waals surface area (Å²) in [6, 6.07) is 5.12. The van der Waals surface area contributed by atoms with Crippen molar-refractivity contribution < 1.29 is 10.2 Å². The van der Waals surface area contributed by atoms with Crippen molar-refractivity contribution >= 4 is 0 Å². The van der Waals surface area contributed by atoms with Crippen molar-refractivity contribution in [2.24, 2.45) is 0 Å². The van der Waals surface area contributed by atoms with Crippen LogP contribution in [-0.2, 0) is 5.41 Å². The van der Waals surface area contributed by atoms with E-state index >= 15 is 0 Å². The van der Waals surface area contributed by atoms with E-state index < -0.39 is 0 Å². The van der Waals surface area contributed by atoms with Gasteiger partial charge in [-0.05, 0) is 29.5 Å². The van der Waals surface area contributed by atoms with E-state index in [1.807, 2.05) is 6.07 Å². The monoisotopic (exact) mass is 222 g/mol. The maximum absolute atomic E-state index is 9.49. The molecule has 0 spiro atoms. The van der Waals surface area contributed by atoms with Gasteiger partial charge in [0.1, 0.15) is 0 Å². The highest BCUT2D eigenvalue weighted by molar-refractivity contribution is 5.42. The highest BCUT2D eigenvalue weighted by atomic mass is 16.3. The molecule has 0 unspecified atom stereocenters. The van der Waals surface area contributed by atoms with Gasteiger partial charge in [-0.2, -0.15) is 0 Å². The lowest BCUT2D eigenvalue weighted by Crippen LogP contribution is -2.16. The van der Waals surface area contributed by atoms with E-state index in [-0.39, 0.29) is 16.9 Å². The highest BCUT2D eigenvalue weighted by Crippen LogP contribution is 2.34. The maximum Gasteiger partial charge on any atom is 0.157 e. The van der Waals surface area contributed by atoms with Crippen LogP contribution in [-0.4, -0.2) is 10.2 Å². The smallest absolute Gasteiger partial charge is 0.157 e. The largest absolute Gasteiger partial charge is 0.504 e. The minimum absolute atomic E-state index is 0.0268. The molecule has 0 bridgehead atoms. The van der Waals surface area contributed by atoms with Crippen LogP contribution in [0.4, 0.5) is 0 Å². The summed E-state index contributed by atoms with van der Waals surface area (Å²) < 4.78 is 0. The topological polar surface area (TPSA) is 40.5 Å². The van der Waals surface area contributed by atoms with Crippen molar-refractivity contribution in [2.75, 3.05) is 0 Å². The molecule has 0 radical (unpaired) electrons. The van der Waals surface area contributed by atoms with Crippen molar-refractivity contribution in [3.8, 4) is 11.5 Å². The normalized spacial score (nSPS) is 11.7. The molecule has 2 N–H and O–H groups in total. The van der Waals surface area contributed by atoms with Crippen LogP contribution in [0, 0.1) is 0 Å². The SMILES string of the molecule is CCCCCC(C)(C)c1ccc(O)c(O)c1. The van der Waals surface area contributed by atoms with E-state index in [4.69, 9.17) is 0 Å². The van der Waals surface area contributed by atoms with E-state index in [0.717, 1.165) is 12.0 Å². The van der Waals surface area contributed by atoms with Gasteiger partial charge in [-0.15, -0.1) is 0 Å². The van der Waals surface area contributed by atoms with Crippen LogP contribution >= 0.6 is 0 Å². The number of aromatic hydroxyl groups is 2. The van der Waals surface area contributed by atoms with E-state index in [1.54, 1.807) is 12.1 Å². The third kappa shape index (κ3) is 3.16. The quantitative estimate of drug-likeness (QED) is 0.585. The van der Waals surface area contributed by atoms with Gasteiger partial charge in [0.25, 0.3) is 0 Å². The van der Waals surface area contributed by atoms with Crippen molar-refractivity contribution in [3.63, 3.8) is 0 Å². The Labute approximate surface area is 97.9 Å². The highest BCUT2D eigenvalue weighted by Gasteiger charge is 2.20. The van der Waals surface area contributed by atoms with Gasteiger partial charge in [-0.25, -0.2) is 0 Å². The lowest BCUT2D eigenvalue weighted by atomic mass is 9.80. The lowest BCUT2D eigenvalue weighted by molar-refractivity contribution is 0.397. The molecule has 90 valence electrons. The number of hydrogen-bond donors (Lipinski definition) is 2. The first-order chi connectivity index (χ1) is 7.47. The summed E-state index contributed by atoms with van der Waals surface area (Å²) in [5, 5.41) is 18.8. The van der Waals surface area contributed by atoms with Crippen LogP contribution in [0.25, 0.3) is 0 Å². The number of benzene rings is 1.